The van der Waals surface area contributed by atoms with Crippen LogP contribution in [0.1, 0.15) is 38.5 Å². The Kier molecular flexibility index (Phi) is 6.96. The summed E-state index contributed by atoms with van der Waals surface area (Å²) in [5.74, 6) is 0.0814. The second kappa shape index (κ2) is 9.85. The molecule has 7 saturated heterocycles. The Morgan fingerprint density at radius 2 is 1.74 bits per heavy atom. The number of ether oxygens (including phenoxy) is 7. The third-order valence-electron chi connectivity index (χ3n) is 8.28. The van der Waals surface area contributed by atoms with E-state index >= 15 is 0 Å². The molecule has 7 rings (SSSR count). The predicted octanol–water partition coefficient (Wildman–Crippen LogP) is 0.574. The van der Waals surface area contributed by atoms with Gasteiger partial charge in [-0.1, -0.05) is 0 Å². The quantitative estimate of drug-likeness (QED) is 0.343. The van der Waals surface area contributed by atoms with Crippen LogP contribution in [0.2, 0.25) is 0 Å². The predicted molar refractivity (Wildman–Crippen MR) is 117 cm³/mol. The van der Waals surface area contributed by atoms with Gasteiger partial charge in [0.05, 0.1) is 49.8 Å². The minimum Gasteiger partial charge on any atom is -0.394 e. The van der Waals surface area contributed by atoms with Gasteiger partial charge in [-0.2, -0.15) is 0 Å². The Morgan fingerprint density at radius 1 is 1.00 bits per heavy atom. The Bertz CT molecular complexity index is 751. The fourth-order valence-electron chi connectivity index (χ4n) is 6.73. The van der Waals surface area contributed by atoms with Crippen LogP contribution in [0.3, 0.4) is 0 Å². The summed E-state index contributed by atoms with van der Waals surface area (Å²) in [6.45, 7) is 0.281. The van der Waals surface area contributed by atoms with Crippen LogP contribution < -0.4 is 0 Å². The van der Waals surface area contributed by atoms with Crippen LogP contribution in [-0.2, 0) is 42.1 Å². The molecule has 0 saturated carbocycles. The molecule has 0 aromatic rings. The lowest BCUT2D eigenvalue weighted by Crippen LogP contribution is -2.61. The summed E-state index contributed by atoms with van der Waals surface area (Å²) in [7, 11) is 1.62. The summed E-state index contributed by atoms with van der Waals surface area (Å²) in [5, 5.41) is 9.37. The van der Waals surface area contributed by atoms with Gasteiger partial charge in [-0.05, 0) is 25.8 Å². The molecule has 0 aromatic carbocycles. The molecule has 13 atom stereocenters. The van der Waals surface area contributed by atoms with Crippen LogP contribution in [0.25, 0.3) is 0 Å². The molecular formula is C23H34O10S. The number of hydrogen-bond donors (Lipinski definition) is 2. The van der Waals surface area contributed by atoms with Crippen molar-refractivity contribution in [3.8, 4) is 0 Å². The lowest BCUT2D eigenvalue weighted by molar-refractivity contribution is -0.264. The normalized spacial score (nSPS) is 49.7. The van der Waals surface area contributed by atoms with Gasteiger partial charge in [0.2, 0.25) is 0 Å². The van der Waals surface area contributed by atoms with Crippen LogP contribution in [0.15, 0.2) is 0 Å². The maximum atomic E-state index is 13.0. The molecule has 7 aliphatic heterocycles. The van der Waals surface area contributed by atoms with Gasteiger partial charge in [-0.25, -0.2) is 0 Å². The molecule has 6 bridgehead atoms. The van der Waals surface area contributed by atoms with E-state index in [9.17, 15) is 9.90 Å². The van der Waals surface area contributed by atoms with Gasteiger partial charge in [0.25, 0.3) is 0 Å². The summed E-state index contributed by atoms with van der Waals surface area (Å²) in [5.41, 5.74) is 0. The van der Waals surface area contributed by atoms with Crippen LogP contribution in [0.4, 0.5) is 0 Å². The van der Waals surface area contributed by atoms with Crippen LogP contribution >= 0.6 is 12.9 Å². The smallest absolute Gasteiger partial charge is 0.161 e. The molecule has 11 heteroatoms. The van der Waals surface area contributed by atoms with Crippen LogP contribution in [0.5, 0.6) is 0 Å². The molecule has 7 fully saturated rings. The number of aliphatic hydroxyl groups excluding tert-OH is 1. The van der Waals surface area contributed by atoms with Gasteiger partial charge in [-0.3, -0.25) is 4.79 Å². The van der Waals surface area contributed by atoms with Gasteiger partial charge in [0, 0.05) is 38.7 Å². The second-order valence-corrected chi connectivity index (χ2v) is 10.6. The first-order valence-electron chi connectivity index (χ1n) is 12.4. The third-order valence-corrected chi connectivity index (χ3v) is 8.58. The first-order chi connectivity index (χ1) is 16.6. The minimum absolute atomic E-state index is 0.0423. The van der Waals surface area contributed by atoms with E-state index in [1.54, 1.807) is 7.11 Å². The van der Waals surface area contributed by atoms with E-state index in [0.29, 0.717) is 25.9 Å². The average Bonchev–Trinajstić information content (AvgIpc) is 3.43. The maximum Gasteiger partial charge on any atom is 0.161 e. The molecular weight excluding hydrogens is 468 g/mol. The molecule has 192 valence electrons. The highest BCUT2D eigenvalue weighted by Crippen LogP contribution is 2.48. The maximum absolute atomic E-state index is 13.0. The van der Waals surface area contributed by atoms with Crippen molar-refractivity contribution in [2.24, 2.45) is 5.92 Å². The minimum atomic E-state index is -0.442. The summed E-state index contributed by atoms with van der Waals surface area (Å²) < 4.78 is 47.7. The SMILES string of the molecule is CO[C@@H]1[C@@H](CC(=O)C[C@H]2CC[C@@H]3OC4C5O[C@@H]6C[C@H]5O[C@H]4[C@@H](O6)[C@H]3O2)CO[C@@H]1C[C@@H](CO)OS. The van der Waals surface area contributed by atoms with Gasteiger partial charge in [-0.15, -0.1) is 0 Å². The Morgan fingerprint density at radius 3 is 2.53 bits per heavy atom. The molecule has 0 aromatic heterocycles. The van der Waals surface area contributed by atoms with Crippen LogP contribution in [-0.4, -0.2) is 105 Å². The number of rotatable bonds is 9. The van der Waals surface area contributed by atoms with E-state index < -0.39 is 6.10 Å². The molecule has 0 radical (unpaired) electrons. The average molecular weight is 503 g/mol. The Labute approximate surface area is 204 Å². The monoisotopic (exact) mass is 502 g/mol. The van der Waals surface area contributed by atoms with Crippen molar-refractivity contribution in [3.05, 3.63) is 0 Å². The number of ketones is 1. The van der Waals surface area contributed by atoms with E-state index in [1.165, 1.54) is 0 Å². The van der Waals surface area contributed by atoms with Crippen molar-refractivity contribution >= 4 is 18.7 Å². The van der Waals surface area contributed by atoms with Crippen molar-refractivity contribution in [2.45, 2.75) is 112 Å². The number of methoxy groups -OCH3 is 1. The number of fused-ring (bicyclic) bond motifs is 1. The van der Waals surface area contributed by atoms with E-state index in [0.717, 1.165) is 19.3 Å². The van der Waals surface area contributed by atoms with Crippen molar-refractivity contribution in [1.82, 2.24) is 0 Å². The fourth-order valence-corrected chi connectivity index (χ4v) is 6.89. The highest BCUT2D eigenvalue weighted by molar-refractivity contribution is 7.75. The summed E-state index contributed by atoms with van der Waals surface area (Å²) in [6.07, 6.45) is 1.33. The zero-order valence-electron chi connectivity index (χ0n) is 19.2. The van der Waals surface area contributed by atoms with Gasteiger partial charge >= 0.3 is 0 Å². The van der Waals surface area contributed by atoms with E-state index in [-0.39, 0.29) is 85.6 Å². The molecule has 0 amide bonds. The van der Waals surface area contributed by atoms with Gasteiger partial charge in [0.15, 0.2) is 6.29 Å². The third kappa shape index (κ3) is 4.25. The van der Waals surface area contributed by atoms with Gasteiger partial charge in [0.1, 0.15) is 36.3 Å². The topological polar surface area (TPSA) is 111 Å². The molecule has 2 unspecified atom stereocenters. The molecule has 1 N–H and O–H groups in total. The van der Waals surface area contributed by atoms with Crippen molar-refractivity contribution in [1.29, 1.82) is 0 Å². The van der Waals surface area contributed by atoms with Gasteiger partial charge < -0.3 is 42.4 Å². The number of thiol groups is 1. The first-order valence-corrected chi connectivity index (χ1v) is 12.8. The second-order valence-electron chi connectivity index (χ2n) is 10.4. The standard InChI is InChI=1S/C23H34O10S/c1-26-18-10(9-27-15(18)6-13(8-24)33-34)4-11(25)5-12-2-3-14-19(28-12)22-23-21(29-14)20-16(30-23)7-17(31-20)32-22/h10,12-24,34H,2-9H2,1H3/t10-,12+,13-,14-,15+,16+,17-,18+,19-,20?,21?,22-,23+/m0/s1. The van der Waals surface area contributed by atoms with Crippen LogP contribution in [0, 0.1) is 5.92 Å². The summed E-state index contributed by atoms with van der Waals surface area (Å²) in [4.78, 5) is 13.0. The Balaban J connectivity index is 1.04. The van der Waals surface area contributed by atoms with E-state index in [2.05, 4.69) is 12.9 Å². The summed E-state index contributed by atoms with van der Waals surface area (Å²) in [6, 6.07) is 0. The number of carbonyl (C=O) groups is 1. The number of hydrogen-bond acceptors (Lipinski definition) is 11. The molecule has 0 aliphatic carbocycles. The molecule has 0 spiro atoms. The van der Waals surface area contributed by atoms with Crippen molar-refractivity contribution < 1.29 is 47.2 Å². The number of aliphatic hydroxyl groups is 1. The lowest BCUT2D eigenvalue weighted by Gasteiger charge is -2.46. The van der Waals surface area contributed by atoms with E-state index in [4.69, 9.17) is 37.3 Å². The zero-order valence-corrected chi connectivity index (χ0v) is 20.1. The molecule has 7 heterocycles. The number of Topliss-reactive ketones (excluding diaryl/α,β-unsaturated/α-hetero) is 1. The zero-order chi connectivity index (χ0) is 23.4. The molecule has 7 aliphatic rings. The summed E-state index contributed by atoms with van der Waals surface area (Å²) >= 11 is 3.80. The lowest BCUT2D eigenvalue weighted by atomic mass is 9.86. The molecule has 10 nitrogen and oxygen atoms in total. The largest absolute Gasteiger partial charge is 0.394 e. The highest BCUT2D eigenvalue weighted by atomic mass is 32.1. The number of carbonyl (C=O) groups excluding carboxylic acids is 1. The molecule has 34 heavy (non-hydrogen) atoms. The van der Waals surface area contributed by atoms with Crippen molar-refractivity contribution in [2.75, 3.05) is 20.3 Å². The van der Waals surface area contributed by atoms with Crippen molar-refractivity contribution in [3.63, 3.8) is 0 Å². The fraction of sp³-hybridized carbons (Fsp3) is 0.957. The van der Waals surface area contributed by atoms with E-state index in [1.807, 2.05) is 0 Å². The Hall–Kier alpha value is -0.340. The highest BCUT2D eigenvalue weighted by Gasteiger charge is 2.64. The first kappa shape index (κ1) is 24.0.